The van der Waals surface area contributed by atoms with Crippen LogP contribution in [0.5, 0.6) is 0 Å². The van der Waals surface area contributed by atoms with Crippen molar-refractivity contribution in [3.8, 4) is 0 Å². The Labute approximate surface area is 112 Å². The number of amides is 1. The van der Waals surface area contributed by atoms with E-state index in [-0.39, 0.29) is 5.91 Å². The summed E-state index contributed by atoms with van der Waals surface area (Å²) in [6.07, 6.45) is 4.27. The number of nitrogens with two attached hydrogens (primary N) is 1. The van der Waals surface area contributed by atoms with Crippen LogP contribution in [0.2, 0.25) is 0 Å². The van der Waals surface area contributed by atoms with Gasteiger partial charge in [-0.2, -0.15) is 0 Å². The summed E-state index contributed by atoms with van der Waals surface area (Å²) in [4.78, 5) is 12.2. The second-order valence-corrected chi connectivity index (χ2v) is 6.68. The van der Waals surface area contributed by atoms with Crippen molar-refractivity contribution < 1.29 is 4.79 Å². The summed E-state index contributed by atoms with van der Waals surface area (Å²) >= 11 is 0. The molecule has 1 aliphatic carbocycles. The van der Waals surface area contributed by atoms with E-state index in [1.54, 1.807) is 0 Å². The quantitative estimate of drug-likeness (QED) is 0.810. The van der Waals surface area contributed by atoms with Crippen LogP contribution in [-0.4, -0.2) is 17.5 Å². The van der Waals surface area contributed by atoms with E-state index in [0.29, 0.717) is 30.2 Å². The Morgan fingerprint density at radius 2 is 2.06 bits per heavy atom. The molecule has 3 N–H and O–H groups in total. The highest BCUT2D eigenvalue weighted by Crippen LogP contribution is 2.33. The molecule has 106 valence electrons. The molecule has 3 heteroatoms. The molecule has 1 aliphatic rings. The topological polar surface area (TPSA) is 55.1 Å². The largest absolute Gasteiger partial charge is 0.351 e. The number of carbonyl (C=O) groups is 1. The number of rotatable bonds is 4. The summed E-state index contributed by atoms with van der Waals surface area (Å²) in [7, 11) is 0. The minimum absolute atomic E-state index is 0.00903. The van der Waals surface area contributed by atoms with Gasteiger partial charge in [0.1, 0.15) is 0 Å². The Bertz CT molecular complexity index is 286. The van der Waals surface area contributed by atoms with Crippen LogP contribution in [0, 0.1) is 17.8 Å². The predicted octanol–water partition coefficient (Wildman–Crippen LogP) is 2.69. The van der Waals surface area contributed by atoms with Gasteiger partial charge in [-0.1, -0.05) is 34.1 Å². The SMILES string of the molecule is CCC(C)(N)C(=O)NC1CC(C)CCC1C(C)C. The molecule has 0 aromatic carbocycles. The number of hydrogen-bond acceptors (Lipinski definition) is 2. The van der Waals surface area contributed by atoms with E-state index >= 15 is 0 Å². The Morgan fingerprint density at radius 1 is 1.44 bits per heavy atom. The average molecular weight is 254 g/mol. The summed E-state index contributed by atoms with van der Waals surface area (Å²) < 4.78 is 0. The maximum Gasteiger partial charge on any atom is 0.240 e. The van der Waals surface area contributed by atoms with E-state index in [1.165, 1.54) is 12.8 Å². The molecule has 18 heavy (non-hydrogen) atoms. The lowest BCUT2D eigenvalue weighted by Crippen LogP contribution is -2.56. The lowest BCUT2D eigenvalue weighted by Gasteiger charge is -2.39. The van der Waals surface area contributed by atoms with Crippen molar-refractivity contribution >= 4 is 5.91 Å². The fourth-order valence-corrected chi connectivity index (χ4v) is 2.86. The highest BCUT2D eigenvalue weighted by Gasteiger charge is 2.35. The monoisotopic (exact) mass is 254 g/mol. The first-order chi connectivity index (χ1) is 8.27. The van der Waals surface area contributed by atoms with E-state index < -0.39 is 5.54 Å². The number of hydrogen-bond donors (Lipinski definition) is 2. The van der Waals surface area contributed by atoms with E-state index in [4.69, 9.17) is 5.73 Å². The third kappa shape index (κ3) is 3.71. The molecule has 1 rings (SSSR count). The highest BCUT2D eigenvalue weighted by molar-refractivity contribution is 5.85. The van der Waals surface area contributed by atoms with Gasteiger partial charge in [-0.25, -0.2) is 0 Å². The molecule has 1 saturated carbocycles. The van der Waals surface area contributed by atoms with Crippen molar-refractivity contribution in [2.24, 2.45) is 23.5 Å². The van der Waals surface area contributed by atoms with Gasteiger partial charge in [-0.05, 0) is 43.9 Å². The van der Waals surface area contributed by atoms with Gasteiger partial charge in [-0.3, -0.25) is 4.79 Å². The van der Waals surface area contributed by atoms with Gasteiger partial charge in [0.15, 0.2) is 0 Å². The molecule has 1 fully saturated rings. The zero-order chi connectivity index (χ0) is 13.9. The van der Waals surface area contributed by atoms with E-state index in [2.05, 4.69) is 26.1 Å². The number of nitrogens with one attached hydrogen (secondary N) is 1. The van der Waals surface area contributed by atoms with Crippen molar-refractivity contribution in [3.05, 3.63) is 0 Å². The standard InChI is InChI=1S/C15H30N2O/c1-6-15(5,16)14(18)17-13-9-11(4)7-8-12(13)10(2)3/h10-13H,6-9,16H2,1-5H3,(H,17,18). The van der Waals surface area contributed by atoms with Crippen molar-refractivity contribution in [3.63, 3.8) is 0 Å². The summed E-state index contributed by atoms with van der Waals surface area (Å²) in [5.74, 6) is 1.93. The molecule has 3 nitrogen and oxygen atoms in total. The van der Waals surface area contributed by atoms with Gasteiger partial charge in [-0.15, -0.1) is 0 Å². The zero-order valence-electron chi connectivity index (χ0n) is 12.6. The average Bonchev–Trinajstić information content (AvgIpc) is 2.28. The van der Waals surface area contributed by atoms with Crippen molar-refractivity contribution in [1.82, 2.24) is 5.32 Å². The van der Waals surface area contributed by atoms with Crippen LogP contribution in [0.25, 0.3) is 0 Å². The van der Waals surface area contributed by atoms with Crippen molar-refractivity contribution in [1.29, 1.82) is 0 Å². The minimum atomic E-state index is -0.734. The molecule has 0 heterocycles. The van der Waals surface area contributed by atoms with Crippen molar-refractivity contribution in [2.75, 3.05) is 0 Å². The molecule has 0 bridgehead atoms. The minimum Gasteiger partial charge on any atom is -0.351 e. The Morgan fingerprint density at radius 3 is 2.56 bits per heavy atom. The van der Waals surface area contributed by atoms with E-state index in [0.717, 1.165) is 6.42 Å². The van der Waals surface area contributed by atoms with Gasteiger partial charge in [0, 0.05) is 6.04 Å². The molecule has 0 aliphatic heterocycles. The number of carbonyl (C=O) groups excluding carboxylic acids is 1. The second-order valence-electron chi connectivity index (χ2n) is 6.68. The molecular weight excluding hydrogens is 224 g/mol. The van der Waals surface area contributed by atoms with Gasteiger partial charge >= 0.3 is 0 Å². The van der Waals surface area contributed by atoms with E-state index in [1.807, 2.05) is 13.8 Å². The molecule has 1 amide bonds. The van der Waals surface area contributed by atoms with Crippen LogP contribution in [-0.2, 0) is 4.79 Å². The smallest absolute Gasteiger partial charge is 0.240 e. The van der Waals surface area contributed by atoms with Crippen LogP contribution in [0.4, 0.5) is 0 Å². The molecule has 4 unspecified atom stereocenters. The van der Waals surface area contributed by atoms with Gasteiger partial charge in [0.2, 0.25) is 5.91 Å². The Hall–Kier alpha value is -0.570. The van der Waals surface area contributed by atoms with Crippen LogP contribution < -0.4 is 11.1 Å². The summed E-state index contributed by atoms with van der Waals surface area (Å²) in [5, 5.41) is 3.21. The van der Waals surface area contributed by atoms with Crippen LogP contribution in [0.1, 0.15) is 60.3 Å². The second kappa shape index (κ2) is 6.05. The summed E-state index contributed by atoms with van der Waals surface area (Å²) in [6.45, 7) is 10.6. The van der Waals surface area contributed by atoms with Gasteiger partial charge in [0.05, 0.1) is 5.54 Å². The molecule has 4 atom stereocenters. The molecule has 0 aromatic rings. The Kier molecular flexibility index (Phi) is 5.20. The molecule has 0 spiro atoms. The fourth-order valence-electron chi connectivity index (χ4n) is 2.86. The maximum absolute atomic E-state index is 12.2. The first-order valence-electron chi connectivity index (χ1n) is 7.37. The van der Waals surface area contributed by atoms with Crippen LogP contribution >= 0.6 is 0 Å². The van der Waals surface area contributed by atoms with Gasteiger partial charge in [0.25, 0.3) is 0 Å². The molecule has 0 radical (unpaired) electrons. The molecule has 0 aromatic heterocycles. The Balaban J connectivity index is 2.69. The molecule has 0 saturated heterocycles. The first-order valence-corrected chi connectivity index (χ1v) is 7.37. The van der Waals surface area contributed by atoms with Crippen molar-refractivity contribution in [2.45, 2.75) is 71.9 Å². The lowest BCUT2D eigenvalue weighted by molar-refractivity contribution is -0.127. The lowest BCUT2D eigenvalue weighted by atomic mass is 9.74. The highest BCUT2D eigenvalue weighted by atomic mass is 16.2. The summed E-state index contributed by atoms with van der Waals surface area (Å²) in [5.41, 5.74) is 5.29. The third-order valence-electron chi connectivity index (χ3n) is 4.59. The molecular formula is C15H30N2O. The fraction of sp³-hybridized carbons (Fsp3) is 0.933. The van der Waals surface area contributed by atoms with E-state index in [9.17, 15) is 4.79 Å². The first kappa shape index (κ1) is 15.5. The summed E-state index contributed by atoms with van der Waals surface area (Å²) in [6, 6.07) is 0.302. The normalized spacial score (nSPS) is 32.1. The van der Waals surface area contributed by atoms with Crippen LogP contribution in [0.15, 0.2) is 0 Å². The maximum atomic E-state index is 12.2. The zero-order valence-corrected chi connectivity index (χ0v) is 12.6. The van der Waals surface area contributed by atoms with Crippen LogP contribution in [0.3, 0.4) is 0 Å². The predicted molar refractivity (Wildman–Crippen MR) is 76.2 cm³/mol. The third-order valence-corrected chi connectivity index (χ3v) is 4.59. The van der Waals surface area contributed by atoms with Gasteiger partial charge < -0.3 is 11.1 Å².